The highest BCUT2D eigenvalue weighted by Gasteiger charge is 2.14. The van der Waals surface area contributed by atoms with E-state index in [1.165, 1.54) is 10.1 Å². The Hall–Kier alpha value is -0.830. The van der Waals surface area contributed by atoms with Crippen LogP contribution >= 0.6 is 50.8 Å². The maximum absolute atomic E-state index is 5.83. The van der Waals surface area contributed by atoms with E-state index in [2.05, 4.69) is 49.3 Å². The summed E-state index contributed by atoms with van der Waals surface area (Å²) in [5.74, 6) is 0.498. The number of thioether (sulfide) groups is 2. The molecule has 3 rings (SSSR count). The number of pyridine rings is 1. The van der Waals surface area contributed by atoms with Gasteiger partial charge in [-0.05, 0) is 35.2 Å². The molecule has 22 heavy (non-hydrogen) atoms. The SMILES string of the molecule is CSc1cc(N)nc(SC(C)c2cc3c(Br)csc3cn2)n1. The number of nitrogens with two attached hydrogens (primary N) is 1. The molecule has 0 aliphatic carbocycles. The van der Waals surface area contributed by atoms with Crippen LogP contribution in [0.5, 0.6) is 0 Å². The first-order chi connectivity index (χ1) is 10.6. The minimum atomic E-state index is 0.146. The Bertz CT molecular complexity index is 821. The van der Waals surface area contributed by atoms with Crippen molar-refractivity contribution in [3.63, 3.8) is 0 Å². The molecule has 0 amide bonds. The molecule has 3 aromatic rings. The van der Waals surface area contributed by atoms with Crippen LogP contribution < -0.4 is 5.73 Å². The average Bonchev–Trinajstić information content (AvgIpc) is 2.87. The zero-order chi connectivity index (χ0) is 15.7. The van der Waals surface area contributed by atoms with Crippen molar-refractivity contribution in [1.82, 2.24) is 15.0 Å². The fourth-order valence-electron chi connectivity index (χ4n) is 1.94. The van der Waals surface area contributed by atoms with Gasteiger partial charge >= 0.3 is 0 Å². The summed E-state index contributed by atoms with van der Waals surface area (Å²) in [6.45, 7) is 2.10. The van der Waals surface area contributed by atoms with Crippen LogP contribution in [-0.2, 0) is 0 Å². The molecule has 0 bridgehead atoms. The Labute approximate surface area is 149 Å². The molecule has 0 aliphatic heterocycles. The van der Waals surface area contributed by atoms with Gasteiger partial charge in [0.15, 0.2) is 5.16 Å². The van der Waals surface area contributed by atoms with Gasteiger partial charge in [0.05, 0.1) is 15.6 Å². The highest BCUT2D eigenvalue weighted by atomic mass is 79.9. The van der Waals surface area contributed by atoms with Crippen molar-refractivity contribution >= 4 is 66.7 Å². The van der Waals surface area contributed by atoms with Gasteiger partial charge in [-0.3, -0.25) is 4.98 Å². The van der Waals surface area contributed by atoms with Crippen molar-refractivity contribution in [3.05, 3.63) is 33.9 Å². The highest BCUT2D eigenvalue weighted by Crippen LogP contribution is 2.36. The van der Waals surface area contributed by atoms with Crippen molar-refractivity contribution in [1.29, 1.82) is 0 Å². The number of hydrogen-bond donors (Lipinski definition) is 1. The lowest BCUT2D eigenvalue weighted by atomic mass is 10.2. The molecule has 0 saturated carbocycles. The lowest BCUT2D eigenvalue weighted by Gasteiger charge is -2.10. The van der Waals surface area contributed by atoms with Gasteiger partial charge in [0.25, 0.3) is 0 Å². The molecular formula is C14H13BrN4S3. The molecule has 3 aromatic heterocycles. The van der Waals surface area contributed by atoms with E-state index in [0.29, 0.717) is 11.0 Å². The van der Waals surface area contributed by atoms with Crippen LogP contribution in [0.2, 0.25) is 0 Å². The summed E-state index contributed by atoms with van der Waals surface area (Å²) in [4.78, 5) is 13.3. The molecule has 8 heteroatoms. The molecule has 114 valence electrons. The van der Waals surface area contributed by atoms with Crippen LogP contribution in [-0.4, -0.2) is 21.2 Å². The first-order valence-corrected chi connectivity index (χ1v) is 10.2. The quantitative estimate of drug-likeness (QED) is 0.369. The fourth-order valence-corrected chi connectivity index (χ4v) is 4.79. The maximum atomic E-state index is 5.83. The van der Waals surface area contributed by atoms with Gasteiger partial charge in [0.1, 0.15) is 10.8 Å². The second kappa shape index (κ2) is 6.74. The van der Waals surface area contributed by atoms with Crippen molar-refractivity contribution < 1.29 is 0 Å². The predicted molar refractivity (Wildman–Crippen MR) is 99.8 cm³/mol. The number of rotatable bonds is 4. The van der Waals surface area contributed by atoms with Gasteiger partial charge < -0.3 is 5.73 Å². The molecule has 2 N–H and O–H groups in total. The second-order valence-corrected chi connectivity index (χ2v) is 8.47. The highest BCUT2D eigenvalue weighted by molar-refractivity contribution is 9.10. The average molecular weight is 413 g/mol. The van der Waals surface area contributed by atoms with Crippen molar-refractivity contribution in [2.75, 3.05) is 12.0 Å². The number of thiophene rings is 1. The summed E-state index contributed by atoms with van der Waals surface area (Å²) in [5, 5.41) is 4.99. The Balaban J connectivity index is 1.87. The predicted octanol–water partition coefficient (Wildman–Crippen LogP) is 5.01. The van der Waals surface area contributed by atoms with Gasteiger partial charge in [-0.25, -0.2) is 9.97 Å². The van der Waals surface area contributed by atoms with Crippen LogP contribution in [0.4, 0.5) is 5.82 Å². The molecule has 4 nitrogen and oxygen atoms in total. The van der Waals surface area contributed by atoms with Gasteiger partial charge in [0.2, 0.25) is 0 Å². The third kappa shape index (κ3) is 3.40. The van der Waals surface area contributed by atoms with Crippen LogP contribution in [0.25, 0.3) is 10.1 Å². The number of fused-ring (bicyclic) bond motifs is 1. The van der Waals surface area contributed by atoms with Gasteiger partial charge in [-0.2, -0.15) is 0 Å². The second-order valence-electron chi connectivity index (χ2n) is 4.57. The Kier molecular flexibility index (Phi) is 4.91. The smallest absolute Gasteiger partial charge is 0.191 e. The summed E-state index contributed by atoms with van der Waals surface area (Å²) < 4.78 is 2.29. The van der Waals surface area contributed by atoms with E-state index < -0.39 is 0 Å². The minimum Gasteiger partial charge on any atom is -0.384 e. The van der Waals surface area contributed by atoms with Crippen molar-refractivity contribution in [2.45, 2.75) is 22.4 Å². The molecule has 1 unspecified atom stereocenters. The monoisotopic (exact) mass is 412 g/mol. The first kappa shape index (κ1) is 16.0. The molecule has 0 aromatic carbocycles. The number of anilines is 1. The van der Waals surface area contributed by atoms with Gasteiger partial charge in [-0.1, -0.05) is 11.8 Å². The number of nitrogen functional groups attached to an aromatic ring is 1. The lowest BCUT2D eigenvalue weighted by Crippen LogP contribution is -1.99. The Morgan fingerprint density at radius 2 is 2.14 bits per heavy atom. The number of halogens is 1. The maximum Gasteiger partial charge on any atom is 0.191 e. The van der Waals surface area contributed by atoms with Crippen LogP contribution in [0.3, 0.4) is 0 Å². The molecule has 3 heterocycles. The van der Waals surface area contributed by atoms with E-state index >= 15 is 0 Å². The Morgan fingerprint density at radius 3 is 2.91 bits per heavy atom. The molecule has 0 radical (unpaired) electrons. The number of aromatic nitrogens is 3. The molecule has 0 aliphatic rings. The summed E-state index contributed by atoms with van der Waals surface area (Å²) >= 11 is 8.39. The normalized spacial score (nSPS) is 12.7. The third-order valence-electron chi connectivity index (χ3n) is 3.04. The zero-order valence-electron chi connectivity index (χ0n) is 11.9. The molecule has 0 fully saturated rings. The van der Waals surface area contributed by atoms with Crippen LogP contribution in [0, 0.1) is 0 Å². The van der Waals surface area contributed by atoms with E-state index in [1.54, 1.807) is 40.9 Å². The van der Waals surface area contributed by atoms with E-state index in [9.17, 15) is 0 Å². The van der Waals surface area contributed by atoms with Crippen LogP contribution in [0.1, 0.15) is 17.9 Å². The molecule has 0 saturated heterocycles. The van der Waals surface area contributed by atoms with Crippen molar-refractivity contribution in [2.24, 2.45) is 0 Å². The molecule has 0 spiro atoms. The lowest BCUT2D eigenvalue weighted by molar-refractivity contribution is 0.889. The van der Waals surface area contributed by atoms with E-state index in [4.69, 9.17) is 5.73 Å². The van der Waals surface area contributed by atoms with E-state index in [1.807, 2.05) is 12.5 Å². The summed E-state index contributed by atoms with van der Waals surface area (Å²) in [6, 6.07) is 3.90. The Morgan fingerprint density at radius 1 is 1.32 bits per heavy atom. The minimum absolute atomic E-state index is 0.146. The third-order valence-corrected chi connectivity index (χ3v) is 6.55. The number of nitrogens with zero attached hydrogens (tertiary/aromatic N) is 3. The molecular weight excluding hydrogens is 400 g/mol. The summed E-state index contributed by atoms with van der Waals surface area (Å²) in [6.07, 6.45) is 3.90. The van der Waals surface area contributed by atoms with E-state index in [0.717, 1.165) is 15.2 Å². The van der Waals surface area contributed by atoms with Gasteiger partial charge in [-0.15, -0.1) is 23.1 Å². The largest absolute Gasteiger partial charge is 0.384 e. The van der Waals surface area contributed by atoms with Crippen molar-refractivity contribution in [3.8, 4) is 0 Å². The van der Waals surface area contributed by atoms with E-state index in [-0.39, 0.29) is 5.25 Å². The van der Waals surface area contributed by atoms with Crippen LogP contribution in [0.15, 0.2) is 38.4 Å². The number of hydrogen-bond acceptors (Lipinski definition) is 7. The zero-order valence-corrected chi connectivity index (χ0v) is 15.9. The standard InChI is InChI=1S/C14H13BrN4S3/c1-7(22-14-18-12(16)4-13(19-14)20-2)10-3-8-9(15)6-21-11(8)5-17-10/h3-7H,1-2H3,(H2,16,18,19). The summed E-state index contributed by atoms with van der Waals surface area (Å²) in [7, 11) is 0. The fraction of sp³-hybridized carbons (Fsp3) is 0.214. The summed E-state index contributed by atoms with van der Waals surface area (Å²) in [5.41, 5.74) is 6.84. The van der Waals surface area contributed by atoms with Gasteiger partial charge in [0, 0.05) is 27.5 Å². The topological polar surface area (TPSA) is 64.7 Å². The molecule has 1 atom stereocenters. The first-order valence-electron chi connectivity index (χ1n) is 6.44.